The lowest BCUT2D eigenvalue weighted by atomic mass is 10.1. The quantitative estimate of drug-likeness (QED) is 0.327. The van der Waals surface area contributed by atoms with E-state index in [1.54, 1.807) is 10.9 Å². The van der Waals surface area contributed by atoms with E-state index in [1.807, 2.05) is 0 Å². The molecule has 0 radical (unpaired) electrons. The molecule has 0 aliphatic carbocycles. The molecule has 1 aliphatic rings. The molecule has 0 aromatic carbocycles. The van der Waals surface area contributed by atoms with Crippen molar-refractivity contribution in [2.45, 2.75) is 19.3 Å². The van der Waals surface area contributed by atoms with Crippen molar-refractivity contribution in [1.82, 2.24) is 9.55 Å². The lowest BCUT2D eigenvalue weighted by molar-refractivity contribution is 0.140. The van der Waals surface area contributed by atoms with Gasteiger partial charge in [0.25, 0.3) is 0 Å². The van der Waals surface area contributed by atoms with Gasteiger partial charge in [0, 0.05) is 30.6 Å². The van der Waals surface area contributed by atoms with E-state index in [-0.39, 0.29) is 25.0 Å². The van der Waals surface area contributed by atoms with Crippen LogP contribution in [0.5, 0.6) is 0 Å². The number of hydrogen-bond donors (Lipinski definition) is 4. The molecule has 1 aromatic heterocycles. The number of azide groups is 1. The fourth-order valence-electron chi connectivity index (χ4n) is 1.91. The van der Waals surface area contributed by atoms with Gasteiger partial charge in [-0.15, -0.1) is 0 Å². The Labute approximate surface area is 114 Å². The van der Waals surface area contributed by atoms with Gasteiger partial charge in [0.15, 0.2) is 12.1 Å². The van der Waals surface area contributed by atoms with Crippen molar-refractivity contribution < 1.29 is 10.2 Å². The average Bonchev–Trinajstić information content (AvgIpc) is 2.83. The van der Waals surface area contributed by atoms with Gasteiger partial charge in [-0.05, 0) is 17.1 Å². The Balaban J connectivity index is 2.19. The summed E-state index contributed by atoms with van der Waals surface area (Å²) >= 11 is 0. The topological polar surface area (TPSA) is 157 Å². The SMILES string of the molecule is [N-]=[N+]=NC1=NC(N)Nc2c1ncn2CCC(CO)CO. The van der Waals surface area contributed by atoms with Gasteiger partial charge < -0.3 is 20.1 Å². The van der Waals surface area contributed by atoms with Crippen molar-refractivity contribution in [1.29, 1.82) is 0 Å². The van der Waals surface area contributed by atoms with E-state index < -0.39 is 6.29 Å². The predicted molar refractivity (Wildman–Crippen MR) is 71.8 cm³/mol. The smallest absolute Gasteiger partial charge is 0.172 e. The van der Waals surface area contributed by atoms with E-state index in [0.717, 1.165) is 0 Å². The number of fused-ring (bicyclic) bond motifs is 1. The van der Waals surface area contributed by atoms with Gasteiger partial charge in [-0.2, -0.15) is 0 Å². The Morgan fingerprint density at radius 2 is 2.30 bits per heavy atom. The number of aromatic nitrogens is 2. The number of aliphatic imine (C=N–C) groups is 1. The number of amidine groups is 1. The second kappa shape index (κ2) is 6.35. The highest BCUT2D eigenvalue weighted by Crippen LogP contribution is 2.22. The molecule has 1 aliphatic heterocycles. The molecule has 0 saturated heterocycles. The molecule has 5 N–H and O–H groups in total. The molecular weight excluding hydrogens is 264 g/mol. The van der Waals surface area contributed by atoms with Crippen molar-refractivity contribution in [2.24, 2.45) is 21.8 Å². The monoisotopic (exact) mass is 280 g/mol. The first-order valence-electron chi connectivity index (χ1n) is 6.11. The summed E-state index contributed by atoms with van der Waals surface area (Å²) in [6.45, 7) is 0.384. The van der Waals surface area contributed by atoms with Gasteiger partial charge in [-0.3, -0.25) is 5.73 Å². The largest absolute Gasteiger partial charge is 0.396 e. The Hall–Kier alpha value is -2.13. The van der Waals surface area contributed by atoms with Crippen LogP contribution in [0.15, 0.2) is 16.4 Å². The number of rotatable bonds is 5. The summed E-state index contributed by atoms with van der Waals surface area (Å²) < 4.78 is 1.79. The van der Waals surface area contributed by atoms with Crippen molar-refractivity contribution in [3.63, 3.8) is 0 Å². The first-order valence-corrected chi connectivity index (χ1v) is 6.11. The van der Waals surface area contributed by atoms with Gasteiger partial charge in [0.05, 0.1) is 6.33 Å². The summed E-state index contributed by atoms with van der Waals surface area (Å²) in [7, 11) is 0. The molecule has 0 amide bonds. The molecule has 20 heavy (non-hydrogen) atoms. The maximum absolute atomic E-state index is 9.05. The van der Waals surface area contributed by atoms with E-state index in [2.05, 4.69) is 25.3 Å². The van der Waals surface area contributed by atoms with E-state index in [1.165, 1.54) is 0 Å². The third-order valence-electron chi connectivity index (χ3n) is 3.03. The summed E-state index contributed by atoms with van der Waals surface area (Å²) in [6.07, 6.45) is 1.45. The van der Waals surface area contributed by atoms with Crippen LogP contribution in [-0.4, -0.2) is 45.1 Å². The van der Waals surface area contributed by atoms with Crippen molar-refractivity contribution >= 4 is 11.7 Å². The Bertz CT molecular complexity index is 543. The lowest BCUT2D eigenvalue weighted by Gasteiger charge is -2.20. The molecule has 2 heterocycles. The van der Waals surface area contributed by atoms with E-state index >= 15 is 0 Å². The van der Waals surface area contributed by atoms with Crippen LogP contribution in [0.4, 0.5) is 5.82 Å². The number of aryl methyl sites for hydroxylation is 1. The normalized spacial score (nSPS) is 17.2. The molecule has 0 saturated carbocycles. The zero-order chi connectivity index (χ0) is 14.5. The van der Waals surface area contributed by atoms with Gasteiger partial charge in [-0.25, -0.2) is 9.98 Å². The summed E-state index contributed by atoms with van der Waals surface area (Å²) in [4.78, 5) is 10.8. The number of hydrogen-bond acceptors (Lipinski definition) is 7. The fraction of sp³-hybridized carbons (Fsp3) is 0.600. The molecule has 0 fully saturated rings. The minimum Gasteiger partial charge on any atom is -0.396 e. The van der Waals surface area contributed by atoms with Crippen molar-refractivity contribution in [3.05, 3.63) is 22.5 Å². The van der Waals surface area contributed by atoms with E-state index in [9.17, 15) is 0 Å². The van der Waals surface area contributed by atoms with Gasteiger partial charge >= 0.3 is 0 Å². The second-order valence-corrected chi connectivity index (χ2v) is 4.39. The van der Waals surface area contributed by atoms with Crippen molar-refractivity contribution in [3.8, 4) is 0 Å². The number of aliphatic hydroxyl groups excluding tert-OH is 2. The number of nitrogens with one attached hydrogen (secondary N) is 1. The van der Waals surface area contributed by atoms with Crippen LogP contribution in [-0.2, 0) is 6.54 Å². The summed E-state index contributed by atoms with van der Waals surface area (Å²) in [5.74, 6) is 0.577. The molecule has 0 bridgehead atoms. The molecular formula is C10H16N8O2. The van der Waals surface area contributed by atoms with Gasteiger partial charge in [-0.1, -0.05) is 0 Å². The van der Waals surface area contributed by atoms with Crippen LogP contribution in [0.2, 0.25) is 0 Å². The third kappa shape index (κ3) is 2.89. The number of imidazole rings is 1. The highest BCUT2D eigenvalue weighted by molar-refractivity contribution is 6.03. The number of anilines is 1. The van der Waals surface area contributed by atoms with E-state index in [0.29, 0.717) is 24.5 Å². The van der Waals surface area contributed by atoms with E-state index in [4.69, 9.17) is 21.5 Å². The Kier molecular flexibility index (Phi) is 4.53. The molecule has 10 heteroatoms. The average molecular weight is 280 g/mol. The third-order valence-corrected chi connectivity index (χ3v) is 3.03. The van der Waals surface area contributed by atoms with Gasteiger partial charge in [0.2, 0.25) is 0 Å². The minimum absolute atomic E-state index is 0.0776. The standard InChI is InChI=1S/C10H16N8O2/c11-10-14-8(16-17-12)7-9(15-10)18(5-13-7)2-1-6(3-19)4-20/h5-6,10,15,19-20H,1-4,11H2. The van der Waals surface area contributed by atoms with Crippen LogP contribution in [0.1, 0.15) is 12.1 Å². The number of nitrogens with two attached hydrogens (primary N) is 1. The maximum Gasteiger partial charge on any atom is 0.172 e. The van der Waals surface area contributed by atoms with Crippen LogP contribution in [0, 0.1) is 5.92 Å². The fourth-order valence-corrected chi connectivity index (χ4v) is 1.91. The molecule has 0 spiro atoms. The van der Waals surface area contributed by atoms with Crippen LogP contribution in [0.3, 0.4) is 0 Å². The summed E-state index contributed by atoms with van der Waals surface area (Å²) in [5, 5.41) is 24.5. The Morgan fingerprint density at radius 1 is 1.55 bits per heavy atom. The summed E-state index contributed by atoms with van der Waals surface area (Å²) in [6, 6.07) is 0. The molecule has 108 valence electrons. The minimum atomic E-state index is -0.704. The first kappa shape index (κ1) is 14.3. The summed E-state index contributed by atoms with van der Waals surface area (Å²) in [5.41, 5.74) is 14.6. The molecule has 1 unspecified atom stereocenters. The second-order valence-electron chi connectivity index (χ2n) is 4.39. The van der Waals surface area contributed by atoms with Gasteiger partial charge in [0.1, 0.15) is 11.5 Å². The zero-order valence-corrected chi connectivity index (χ0v) is 10.7. The molecule has 1 atom stereocenters. The lowest BCUT2D eigenvalue weighted by Crippen LogP contribution is -2.33. The highest BCUT2D eigenvalue weighted by Gasteiger charge is 2.22. The van der Waals surface area contributed by atoms with Crippen LogP contribution < -0.4 is 11.1 Å². The molecule has 10 nitrogen and oxygen atoms in total. The maximum atomic E-state index is 9.05. The first-order chi connectivity index (χ1) is 9.69. The molecule has 2 rings (SSSR count). The predicted octanol–water partition coefficient (Wildman–Crippen LogP) is -0.401. The van der Waals surface area contributed by atoms with Crippen LogP contribution in [0.25, 0.3) is 10.4 Å². The van der Waals surface area contributed by atoms with Crippen molar-refractivity contribution in [2.75, 3.05) is 18.5 Å². The molecule has 1 aromatic rings. The zero-order valence-electron chi connectivity index (χ0n) is 10.7. The van der Waals surface area contributed by atoms with Crippen LogP contribution >= 0.6 is 0 Å². The Morgan fingerprint density at radius 3 is 2.95 bits per heavy atom. The highest BCUT2D eigenvalue weighted by atomic mass is 16.3. The number of aliphatic hydroxyl groups is 2. The number of nitrogens with zero attached hydrogens (tertiary/aromatic N) is 6.